The second-order valence-electron chi connectivity index (χ2n) is 0.788. The molecular formula is C2H7N3O. The van der Waals surface area contributed by atoms with Crippen molar-refractivity contribution in [2.24, 2.45) is 11.0 Å². The van der Waals surface area contributed by atoms with E-state index in [4.69, 9.17) is 10.6 Å². The fourth-order valence-electron chi connectivity index (χ4n) is 0.110. The first-order valence-electron chi connectivity index (χ1n) is 1.67. The zero-order valence-corrected chi connectivity index (χ0v) is 3.35. The number of nitroso groups, excluding NO2 is 1. The smallest absolute Gasteiger partial charge is 0.0496 e. The highest BCUT2D eigenvalue weighted by Crippen LogP contribution is 1.48. The van der Waals surface area contributed by atoms with Crippen molar-refractivity contribution in [2.45, 2.75) is 0 Å². The lowest BCUT2D eigenvalue weighted by atomic mass is 10.7. The lowest BCUT2D eigenvalue weighted by molar-refractivity contribution is 0.733. The standard InChI is InChI=1S/C2H7N3O/c3-1-2-4-5-6/h1-3H2,(H,4,6). The Bertz CT molecular complexity index is 37.8. The molecule has 0 fully saturated rings. The van der Waals surface area contributed by atoms with Gasteiger partial charge in [0.2, 0.25) is 0 Å². The van der Waals surface area contributed by atoms with Gasteiger partial charge in [0.25, 0.3) is 0 Å². The van der Waals surface area contributed by atoms with Gasteiger partial charge in [-0.1, -0.05) is 0 Å². The summed E-state index contributed by atoms with van der Waals surface area (Å²) in [7, 11) is 0. The Labute approximate surface area is 35.7 Å². The van der Waals surface area contributed by atoms with Crippen molar-refractivity contribution in [1.29, 1.82) is 0 Å². The van der Waals surface area contributed by atoms with Crippen LogP contribution in [0.25, 0.3) is 0 Å². The third-order valence-electron chi connectivity index (χ3n) is 0.321. The molecule has 0 saturated carbocycles. The molecule has 0 unspecified atom stereocenters. The van der Waals surface area contributed by atoms with Crippen LogP contribution in [-0.2, 0) is 0 Å². The first-order valence-corrected chi connectivity index (χ1v) is 1.67. The van der Waals surface area contributed by atoms with Crippen LogP contribution in [0.5, 0.6) is 0 Å². The van der Waals surface area contributed by atoms with E-state index < -0.39 is 0 Å². The van der Waals surface area contributed by atoms with Crippen LogP contribution in [-0.4, -0.2) is 13.1 Å². The first kappa shape index (κ1) is 5.36. The van der Waals surface area contributed by atoms with E-state index in [1.54, 1.807) is 0 Å². The molecule has 0 aliphatic rings. The van der Waals surface area contributed by atoms with E-state index in [-0.39, 0.29) is 0 Å². The minimum absolute atomic E-state index is 0.450. The van der Waals surface area contributed by atoms with E-state index in [1.165, 1.54) is 0 Å². The highest BCUT2D eigenvalue weighted by molar-refractivity contribution is 4.34. The number of rotatable bonds is 3. The molecule has 0 bridgehead atoms. The van der Waals surface area contributed by atoms with Crippen LogP contribution >= 0.6 is 0 Å². The summed E-state index contributed by atoms with van der Waals surface area (Å²) < 4.78 is 0. The van der Waals surface area contributed by atoms with Gasteiger partial charge in [0.1, 0.15) is 0 Å². The topological polar surface area (TPSA) is 67.5 Å². The van der Waals surface area contributed by atoms with Crippen molar-refractivity contribution in [3.8, 4) is 0 Å². The lowest BCUT2D eigenvalue weighted by Gasteiger charge is -1.84. The SMILES string of the molecule is NCCNN=O. The summed E-state index contributed by atoms with van der Waals surface area (Å²) in [4.78, 5) is 9.15. The van der Waals surface area contributed by atoms with Crippen LogP contribution in [0.15, 0.2) is 5.29 Å². The summed E-state index contributed by atoms with van der Waals surface area (Å²) in [5.74, 6) is 0. The molecule has 0 rings (SSSR count). The molecule has 4 nitrogen and oxygen atoms in total. The third-order valence-corrected chi connectivity index (χ3v) is 0.321. The molecule has 0 aromatic heterocycles. The molecule has 3 N–H and O–H groups in total. The molecule has 0 amide bonds. The minimum atomic E-state index is 0.450. The number of nitrogens with one attached hydrogen (secondary N) is 1. The molecule has 0 radical (unpaired) electrons. The van der Waals surface area contributed by atoms with Gasteiger partial charge in [-0.3, -0.25) is 5.43 Å². The zero-order valence-electron chi connectivity index (χ0n) is 3.35. The quantitative estimate of drug-likeness (QED) is 0.270. The Hall–Kier alpha value is -0.640. The predicted octanol–water partition coefficient (Wildman–Crippen LogP) is -0.784. The van der Waals surface area contributed by atoms with E-state index in [0.717, 1.165) is 0 Å². The van der Waals surface area contributed by atoms with Crippen LogP contribution in [0.1, 0.15) is 0 Å². The molecule has 0 saturated heterocycles. The summed E-state index contributed by atoms with van der Waals surface area (Å²) in [5, 5.41) is 2.35. The number of nitrogens with zero attached hydrogens (tertiary/aromatic N) is 1. The van der Waals surface area contributed by atoms with E-state index in [0.29, 0.717) is 13.1 Å². The largest absolute Gasteiger partial charge is 0.329 e. The average Bonchev–Trinajstić information content (AvgIpc) is 1.61. The summed E-state index contributed by atoms with van der Waals surface area (Å²) in [6.45, 7) is 0.912. The van der Waals surface area contributed by atoms with Gasteiger partial charge in [-0.15, -0.1) is 4.91 Å². The van der Waals surface area contributed by atoms with Gasteiger partial charge in [0, 0.05) is 18.4 Å². The zero-order chi connectivity index (χ0) is 4.83. The molecule has 6 heavy (non-hydrogen) atoms. The van der Waals surface area contributed by atoms with Gasteiger partial charge < -0.3 is 5.73 Å². The maximum absolute atomic E-state index is 9.15. The van der Waals surface area contributed by atoms with Crippen molar-refractivity contribution >= 4 is 0 Å². The Morgan fingerprint density at radius 2 is 2.50 bits per heavy atom. The van der Waals surface area contributed by atoms with E-state index >= 15 is 0 Å². The Morgan fingerprint density at radius 3 is 2.67 bits per heavy atom. The highest BCUT2D eigenvalue weighted by atomic mass is 16.3. The second-order valence-corrected chi connectivity index (χ2v) is 0.788. The normalized spacial score (nSPS) is 7.50. The monoisotopic (exact) mass is 89.1 g/mol. The molecule has 0 aliphatic carbocycles. The van der Waals surface area contributed by atoms with Crippen LogP contribution < -0.4 is 11.2 Å². The Balaban J connectivity index is 2.49. The minimum Gasteiger partial charge on any atom is -0.329 e. The number of hydrogen-bond acceptors (Lipinski definition) is 3. The predicted molar refractivity (Wildman–Crippen MR) is 22.9 cm³/mol. The second kappa shape index (κ2) is 4.36. The summed E-state index contributed by atoms with van der Waals surface area (Å²) in [6, 6.07) is 0. The van der Waals surface area contributed by atoms with Crippen molar-refractivity contribution in [3.05, 3.63) is 4.91 Å². The molecule has 4 heteroatoms. The van der Waals surface area contributed by atoms with Gasteiger partial charge in [0.15, 0.2) is 0 Å². The van der Waals surface area contributed by atoms with Crippen molar-refractivity contribution in [1.82, 2.24) is 5.43 Å². The number of nitrogens with two attached hydrogens (primary N) is 1. The number of hydrogen-bond donors (Lipinski definition) is 2. The maximum atomic E-state index is 9.15. The van der Waals surface area contributed by atoms with Crippen LogP contribution in [0.4, 0.5) is 0 Å². The Kier molecular flexibility index (Phi) is 3.89. The van der Waals surface area contributed by atoms with Crippen LogP contribution in [0, 0.1) is 4.91 Å². The molecule has 0 aliphatic heterocycles. The van der Waals surface area contributed by atoms with Crippen LogP contribution in [0.2, 0.25) is 0 Å². The molecule has 0 heterocycles. The highest BCUT2D eigenvalue weighted by Gasteiger charge is 1.70. The van der Waals surface area contributed by atoms with Gasteiger partial charge in [-0.05, 0) is 0 Å². The van der Waals surface area contributed by atoms with Crippen molar-refractivity contribution in [3.63, 3.8) is 0 Å². The average molecular weight is 89.1 g/mol. The fourth-order valence-corrected chi connectivity index (χ4v) is 0.110. The first-order chi connectivity index (χ1) is 2.91. The van der Waals surface area contributed by atoms with Crippen molar-refractivity contribution < 1.29 is 0 Å². The van der Waals surface area contributed by atoms with E-state index in [1.807, 2.05) is 0 Å². The van der Waals surface area contributed by atoms with Crippen molar-refractivity contribution in [2.75, 3.05) is 13.1 Å². The van der Waals surface area contributed by atoms with E-state index in [2.05, 4.69) is 10.7 Å². The van der Waals surface area contributed by atoms with Gasteiger partial charge >= 0.3 is 0 Å². The summed E-state index contributed by atoms with van der Waals surface area (Å²) >= 11 is 0. The molecule has 0 atom stereocenters. The molecule has 0 aromatic rings. The Morgan fingerprint density at radius 1 is 1.83 bits per heavy atom. The molecule has 36 valence electrons. The third kappa shape index (κ3) is 3.36. The molecular weight excluding hydrogens is 82.0 g/mol. The van der Waals surface area contributed by atoms with Crippen LogP contribution in [0.3, 0.4) is 0 Å². The maximum Gasteiger partial charge on any atom is 0.0496 e. The molecule has 0 aromatic carbocycles. The summed E-state index contributed by atoms with van der Waals surface area (Å²) in [5.41, 5.74) is 7.10. The van der Waals surface area contributed by atoms with Gasteiger partial charge in [0.05, 0.1) is 0 Å². The molecule has 0 spiro atoms. The fraction of sp³-hybridized carbons (Fsp3) is 1.00. The summed E-state index contributed by atoms with van der Waals surface area (Å²) in [6.07, 6.45) is 0. The lowest BCUT2D eigenvalue weighted by Crippen LogP contribution is -2.16. The van der Waals surface area contributed by atoms with Gasteiger partial charge in [-0.2, -0.15) is 0 Å². The van der Waals surface area contributed by atoms with Gasteiger partial charge in [-0.25, -0.2) is 0 Å². The van der Waals surface area contributed by atoms with E-state index in [9.17, 15) is 0 Å².